The number of nitrogen functional groups attached to an aromatic ring is 2. The molecule has 0 amide bonds. The van der Waals surface area contributed by atoms with Gasteiger partial charge in [0.2, 0.25) is 0 Å². The third kappa shape index (κ3) is 8.28. The van der Waals surface area contributed by atoms with Crippen molar-refractivity contribution in [3.8, 4) is 0 Å². The van der Waals surface area contributed by atoms with Crippen LogP contribution < -0.4 is 11.5 Å². The molecule has 0 saturated heterocycles. The molecule has 56 heavy (non-hydrogen) atoms. The van der Waals surface area contributed by atoms with E-state index >= 15 is 0 Å². The van der Waals surface area contributed by atoms with Gasteiger partial charge in [-0.05, 0) is 134 Å². The summed E-state index contributed by atoms with van der Waals surface area (Å²) in [6.07, 6.45) is 7.30. The summed E-state index contributed by atoms with van der Waals surface area (Å²) in [7, 11) is 0. The first-order chi connectivity index (χ1) is 27.1. The van der Waals surface area contributed by atoms with E-state index in [1.54, 1.807) is 0 Å². The highest BCUT2D eigenvalue weighted by Gasteiger charge is 2.12. The Balaban J connectivity index is 0.000000173. The minimum Gasteiger partial charge on any atom is -0.462 e. The molecular weight excluding hydrogens is 697 g/mol. The number of hydrogen-bond donors (Lipinski definition) is 3. The van der Waals surface area contributed by atoms with Crippen molar-refractivity contribution in [2.24, 2.45) is 0 Å². The van der Waals surface area contributed by atoms with Crippen LogP contribution in [-0.2, 0) is 37.0 Å². The van der Waals surface area contributed by atoms with Crippen LogP contribution >= 0.6 is 0 Å². The molecule has 0 bridgehead atoms. The van der Waals surface area contributed by atoms with Crippen LogP contribution in [0.25, 0.3) is 43.6 Å². The van der Waals surface area contributed by atoms with E-state index < -0.39 is 0 Å². The number of benzene rings is 4. The number of pyridine rings is 4. The molecule has 4 aromatic heterocycles. The largest absolute Gasteiger partial charge is 0.462 e. The maximum atomic E-state index is 11.9. The Morgan fingerprint density at radius 3 is 1.64 bits per heavy atom. The van der Waals surface area contributed by atoms with E-state index in [-0.39, 0.29) is 12.6 Å². The SMILES string of the molecule is CCOC(=O)c1ccc(CCc2cnc3c(N)nc4cc(C)ccc4c3c2)c(C)c1.Cc1ccc2c(c1)nc(N)c1ncc(CCc3ccc(CO)cc3)cc12. The lowest BCUT2D eigenvalue weighted by molar-refractivity contribution is 0.0526. The summed E-state index contributed by atoms with van der Waals surface area (Å²) in [6, 6.07) is 30.6. The summed E-state index contributed by atoms with van der Waals surface area (Å²) in [4.78, 5) is 30.1. The topological polar surface area (TPSA) is 150 Å². The zero-order chi connectivity index (χ0) is 39.3. The molecule has 0 aliphatic carbocycles. The van der Waals surface area contributed by atoms with Crippen molar-refractivity contribution in [1.29, 1.82) is 0 Å². The van der Waals surface area contributed by atoms with Gasteiger partial charge in [0.15, 0.2) is 11.6 Å². The van der Waals surface area contributed by atoms with Crippen LogP contribution in [-0.4, -0.2) is 37.6 Å². The summed E-state index contributed by atoms with van der Waals surface area (Å²) in [5.41, 5.74) is 25.3. The van der Waals surface area contributed by atoms with E-state index in [0.717, 1.165) is 91.5 Å². The molecule has 0 aliphatic rings. The predicted molar refractivity (Wildman–Crippen MR) is 227 cm³/mol. The van der Waals surface area contributed by atoms with Crippen LogP contribution in [0.4, 0.5) is 11.6 Å². The van der Waals surface area contributed by atoms with Gasteiger partial charge in [-0.3, -0.25) is 9.97 Å². The van der Waals surface area contributed by atoms with Crippen molar-refractivity contribution >= 4 is 61.2 Å². The first-order valence-electron chi connectivity index (χ1n) is 18.9. The summed E-state index contributed by atoms with van der Waals surface area (Å²) >= 11 is 0. The number of anilines is 2. The maximum Gasteiger partial charge on any atom is 0.338 e. The minimum atomic E-state index is -0.279. The molecule has 282 valence electrons. The second-order valence-corrected chi connectivity index (χ2v) is 14.4. The number of fused-ring (bicyclic) bond motifs is 6. The molecule has 9 nitrogen and oxygen atoms in total. The Bertz CT molecular complexity index is 2730. The third-order valence-electron chi connectivity index (χ3n) is 10.2. The highest BCUT2D eigenvalue weighted by molar-refractivity contribution is 6.09. The highest BCUT2D eigenvalue weighted by atomic mass is 16.5. The van der Waals surface area contributed by atoms with E-state index in [2.05, 4.69) is 81.5 Å². The van der Waals surface area contributed by atoms with Gasteiger partial charge in [0.25, 0.3) is 0 Å². The fourth-order valence-corrected chi connectivity index (χ4v) is 7.09. The van der Waals surface area contributed by atoms with Gasteiger partial charge in [0.05, 0.1) is 29.8 Å². The Morgan fingerprint density at radius 1 is 0.607 bits per heavy atom. The number of ether oxygens (including phenoxy) is 1. The van der Waals surface area contributed by atoms with Crippen LogP contribution in [0.2, 0.25) is 0 Å². The second kappa shape index (κ2) is 16.5. The first-order valence-corrected chi connectivity index (χ1v) is 18.9. The summed E-state index contributed by atoms with van der Waals surface area (Å²) in [5, 5.41) is 13.4. The number of hydrogen-bond acceptors (Lipinski definition) is 9. The van der Waals surface area contributed by atoms with Crippen LogP contribution in [0, 0.1) is 20.8 Å². The molecule has 0 saturated carbocycles. The van der Waals surface area contributed by atoms with Gasteiger partial charge in [0.1, 0.15) is 11.0 Å². The van der Waals surface area contributed by atoms with E-state index in [0.29, 0.717) is 23.8 Å². The number of carbonyl (C=O) groups excluding carboxylic acids is 1. The van der Waals surface area contributed by atoms with E-state index in [9.17, 15) is 4.79 Å². The highest BCUT2D eigenvalue weighted by Crippen LogP contribution is 2.30. The van der Waals surface area contributed by atoms with Crippen LogP contribution in [0.5, 0.6) is 0 Å². The summed E-state index contributed by atoms with van der Waals surface area (Å²) < 4.78 is 5.08. The van der Waals surface area contributed by atoms with Gasteiger partial charge >= 0.3 is 5.97 Å². The Kier molecular flexibility index (Phi) is 11.2. The molecule has 4 heterocycles. The standard InChI is InChI=1S/C25H25N3O2.C22H21N3O/c1-4-30-25(29)19-9-8-18(16(3)12-19)7-6-17-13-21-20-10-5-15(2)11-22(20)28-24(26)23(21)27-14-17;1-14-2-9-18-19-11-17(8-5-15-3-6-16(13-26)7-4-15)12-24-21(19)22(23)25-20(18)10-14/h5,8-14H,4,6-7H2,1-3H3,(H2,26,28);2-4,6-7,9-12,26H,5,8,13H2,1H3,(H2,23,25). The molecule has 8 aromatic rings. The monoisotopic (exact) mass is 742 g/mol. The smallest absolute Gasteiger partial charge is 0.338 e. The second-order valence-electron chi connectivity index (χ2n) is 14.4. The predicted octanol–water partition coefficient (Wildman–Crippen LogP) is 8.90. The van der Waals surface area contributed by atoms with Gasteiger partial charge < -0.3 is 21.3 Å². The van der Waals surface area contributed by atoms with E-state index in [1.807, 2.05) is 69.6 Å². The number of rotatable bonds is 9. The first kappa shape index (κ1) is 37.8. The van der Waals surface area contributed by atoms with Crippen molar-refractivity contribution < 1.29 is 14.6 Å². The Morgan fingerprint density at radius 2 is 1.12 bits per heavy atom. The van der Waals surface area contributed by atoms with Crippen molar-refractivity contribution in [3.05, 3.63) is 153 Å². The molecule has 9 heteroatoms. The molecule has 0 unspecified atom stereocenters. The molecule has 0 atom stereocenters. The number of aliphatic hydroxyl groups is 1. The normalized spacial score (nSPS) is 11.2. The quantitative estimate of drug-likeness (QED) is 0.0973. The molecule has 8 rings (SSSR count). The lowest BCUT2D eigenvalue weighted by Crippen LogP contribution is -2.06. The van der Waals surface area contributed by atoms with Crippen LogP contribution in [0.15, 0.2) is 103 Å². The Labute approximate surface area is 326 Å². The fraction of sp³-hybridized carbons (Fsp3) is 0.213. The molecule has 4 aromatic carbocycles. The van der Waals surface area contributed by atoms with Crippen molar-refractivity contribution in [2.75, 3.05) is 18.1 Å². The lowest BCUT2D eigenvalue weighted by atomic mass is 9.98. The van der Waals surface area contributed by atoms with Crippen molar-refractivity contribution in [1.82, 2.24) is 19.9 Å². The fourth-order valence-electron chi connectivity index (χ4n) is 7.09. The van der Waals surface area contributed by atoms with Gasteiger partial charge in [-0.2, -0.15) is 0 Å². The van der Waals surface area contributed by atoms with Crippen LogP contribution in [0.1, 0.15) is 61.8 Å². The summed E-state index contributed by atoms with van der Waals surface area (Å²) in [5.74, 6) is 0.656. The number of aliphatic hydroxyl groups excluding tert-OH is 1. The van der Waals surface area contributed by atoms with E-state index in [1.165, 1.54) is 22.3 Å². The molecule has 0 fully saturated rings. The van der Waals surface area contributed by atoms with Gasteiger partial charge in [-0.1, -0.05) is 54.6 Å². The average Bonchev–Trinajstić information content (AvgIpc) is 3.20. The lowest BCUT2D eigenvalue weighted by Gasteiger charge is -2.10. The zero-order valence-corrected chi connectivity index (χ0v) is 32.3. The number of aryl methyl sites for hydroxylation is 7. The summed E-state index contributed by atoms with van der Waals surface area (Å²) in [6.45, 7) is 8.40. The Hall–Kier alpha value is -6.45. The van der Waals surface area contributed by atoms with E-state index in [4.69, 9.17) is 21.3 Å². The number of nitrogens with two attached hydrogens (primary N) is 2. The number of aromatic nitrogens is 4. The molecule has 5 N–H and O–H groups in total. The maximum absolute atomic E-state index is 11.9. The number of esters is 1. The molecule has 0 radical (unpaired) electrons. The van der Waals surface area contributed by atoms with Gasteiger partial charge in [-0.25, -0.2) is 14.8 Å². The third-order valence-corrected chi connectivity index (χ3v) is 10.2. The number of carbonyl (C=O) groups is 1. The average molecular weight is 743 g/mol. The van der Waals surface area contributed by atoms with Crippen molar-refractivity contribution in [2.45, 2.75) is 60.0 Å². The molecule has 0 aliphatic heterocycles. The van der Waals surface area contributed by atoms with Crippen LogP contribution in [0.3, 0.4) is 0 Å². The van der Waals surface area contributed by atoms with Crippen molar-refractivity contribution in [3.63, 3.8) is 0 Å². The molecule has 0 spiro atoms. The molecular formula is C47H46N6O3. The minimum absolute atomic E-state index is 0.0802. The van der Waals surface area contributed by atoms with Gasteiger partial charge in [0, 0.05) is 33.9 Å². The van der Waals surface area contributed by atoms with Gasteiger partial charge in [-0.15, -0.1) is 0 Å². The zero-order valence-electron chi connectivity index (χ0n) is 32.3. The number of nitrogens with zero attached hydrogens (tertiary/aromatic N) is 4.